The molecule has 0 saturated carbocycles. The number of nitrogens with zero attached hydrogens (tertiary/aromatic N) is 5. The molecule has 1 aromatic carbocycles. The Morgan fingerprint density at radius 3 is 2.58 bits per heavy atom. The van der Waals surface area contributed by atoms with Crippen molar-refractivity contribution in [3.05, 3.63) is 58.0 Å². The predicted octanol–water partition coefficient (Wildman–Crippen LogP) is 2.73. The maximum atomic E-state index is 11.6. The first-order valence-electron chi connectivity index (χ1n) is 9.07. The summed E-state index contributed by atoms with van der Waals surface area (Å²) >= 11 is 1.49. The molecule has 2 aromatic heterocycles. The lowest BCUT2D eigenvalue weighted by Crippen LogP contribution is -2.47. The average Bonchev–Trinajstić information content (AvgIpc) is 3.08. The van der Waals surface area contributed by atoms with Crippen LogP contribution in [0.15, 0.2) is 41.2 Å². The van der Waals surface area contributed by atoms with E-state index in [2.05, 4.69) is 57.1 Å². The number of aromatic nitrogens is 3. The zero-order valence-electron chi connectivity index (χ0n) is 15.1. The summed E-state index contributed by atoms with van der Waals surface area (Å²) in [6.45, 7) is 8.03. The molecule has 7 heteroatoms. The number of benzene rings is 1. The third kappa shape index (κ3) is 3.24. The summed E-state index contributed by atoms with van der Waals surface area (Å²) in [4.78, 5) is 21.2. The lowest BCUT2D eigenvalue weighted by atomic mass is 10.0. The Morgan fingerprint density at radius 2 is 1.88 bits per heavy atom. The molecule has 0 radical (unpaired) electrons. The SMILES string of the molecule is CC[C@H](c1ccccc1)N1CCN(c2nn3c(C)cc(=O)nc3s2)CC1. The van der Waals surface area contributed by atoms with Crippen LogP contribution in [0.4, 0.5) is 5.13 Å². The Kier molecular flexibility index (Phi) is 4.74. The molecule has 1 atom stereocenters. The van der Waals surface area contributed by atoms with Crippen LogP contribution in [0.2, 0.25) is 0 Å². The Bertz CT molecular complexity index is 943. The zero-order chi connectivity index (χ0) is 18.1. The molecule has 1 fully saturated rings. The third-order valence-electron chi connectivity index (χ3n) is 5.02. The Hall–Kier alpha value is -2.25. The summed E-state index contributed by atoms with van der Waals surface area (Å²) in [7, 11) is 0. The lowest BCUT2D eigenvalue weighted by molar-refractivity contribution is 0.181. The van der Waals surface area contributed by atoms with Gasteiger partial charge in [0.2, 0.25) is 10.1 Å². The van der Waals surface area contributed by atoms with Gasteiger partial charge in [-0.15, -0.1) is 5.10 Å². The quantitative estimate of drug-likeness (QED) is 0.708. The van der Waals surface area contributed by atoms with E-state index in [9.17, 15) is 4.79 Å². The van der Waals surface area contributed by atoms with Gasteiger partial charge in [0.05, 0.1) is 0 Å². The summed E-state index contributed by atoms with van der Waals surface area (Å²) in [5.41, 5.74) is 2.02. The number of hydrogen-bond acceptors (Lipinski definition) is 6. The topological polar surface area (TPSA) is 53.7 Å². The van der Waals surface area contributed by atoms with E-state index in [1.54, 1.807) is 4.52 Å². The van der Waals surface area contributed by atoms with Gasteiger partial charge >= 0.3 is 0 Å². The van der Waals surface area contributed by atoms with E-state index in [-0.39, 0.29) is 5.56 Å². The first-order chi connectivity index (χ1) is 12.7. The van der Waals surface area contributed by atoms with Gasteiger partial charge < -0.3 is 4.90 Å². The predicted molar refractivity (Wildman–Crippen MR) is 105 cm³/mol. The summed E-state index contributed by atoms with van der Waals surface area (Å²) < 4.78 is 1.77. The van der Waals surface area contributed by atoms with Crippen molar-refractivity contribution < 1.29 is 0 Å². The molecule has 0 spiro atoms. The maximum absolute atomic E-state index is 11.6. The first-order valence-corrected chi connectivity index (χ1v) is 9.89. The van der Waals surface area contributed by atoms with Gasteiger partial charge in [0.1, 0.15) is 0 Å². The van der Waals surface area contributed by atoms with E-state index < -0.39 is 0 Å². The van der Waals surface area contributed by atoms with Crippen LogP contribution in [0.3, 0.4) is 0 Å². The van der Waals surface area contributed by atoms with Crippen molar-refractivity contribution in [2.24, 2.45) is 0 Å². The molecular weight excluding hydrogens is 346 g/mol. The van der Waals surface area contributed by atoms with Crippen LogP contribution in [0.5, 0.6) is 0 Å². The van der Waals surface area contributed by atoms with E-state index in [1.165, 1.54) is 23.0 Å². The highest BCUT2D eigenvalue weighted by atomic mass is 32.1. The van der Waals surface area contributed by atoms with Gasteiger partial charge in [0.15, 0.2) is 0 Å². The van der Waals surface area contributed by atoms with Crippen molar-refractivity contribution >= 4 is 21.4 Å². The monoisotopic (exact) mass is 369 g/mol. The molecule has 136 valence electrons. The molecule has 1 saturated heterocycles. The Morgan fingerprint density at radius 1 is 1.15 bits per heavy atom. The number of rotatable bonds is 4. The largest absolute Gasteiger partial charge is 0.344 e. The molecule has 3 heterocycles. The molecule has 3 aromatic rings. The smallest absolute Gasteiger partial charge is 0.274 e. The van der Waals surface area contributed by atoms with Gasteiger partial charge in [-0.25, -0.2) is 4.52 Å². The number of aryl methyl sites for hydroxylation is 1. The van der Waals surface area contributed by atoms with Crippen LogP contribution >= 0.6 is 11.3 Å². The Balaban J connectivity index is 1.50. The van der Waals surface area contributed by atoms with Gasteiger partial charge in [-0.2, -0.15) is 4.98 Å². The van der Waals surface area contributed by atoms with Crippen molar-refractivity contribution in [2.45, 2.75) is 26.3 Å². The van der Waals surface area contributed by atoms with E-state index in [0.717, 1.165) is 43.4 Å². The minimum absolute atomic E-state index is 0.198. The van der Waals surface area contributed by atoms with Crippen molar-refractivity contribution in [3.8, 4) is 0 Å². The fraction of sp³-hybridized carbons (Fsp3) is 0.421. The highest BCUT2D eigenvalue weighted by Crippen LogP contribution is 2.28. The van der Waals surface area contributed by atoms with Crippen molar-refractivity contribution in [1.82, 2.24) is 19.5 Å². The number of fused-ring (bicyclic) bond motifs is 1. The van der Waals surface area contributed by atoms with Gasteiger partial charge in [0.25, 0.3) is 5.56 Å². The molecule has 6 nitrogen and oxygen atoms in total. The standard InChI is InChI=1S/C19H23N5OS/c1-3-16(15-7-5-4-6-8-15)22-9-11-23(12-10-22)19-21-24-14(2)13-17(25)20-18(24)26-19/h4-8,13,16H,3,9-12H2,1-2H3/t16-/m1/s1. The Labute approximate surface area is 156 Å². The summed E-state index contributed by atoms with van der Waals surface area (Å²) in [5.74, 6) is 0. The van der Waals surface area contributed by atoms with Crippen molar-refractivity contribution in [1.29, 1.82) is 0 Å². The molecule has 0 bridgehead atoms. The van der Waals surface area contributed by atoms with Gasteiger partial charge in [-0.3, -0.25) is 9.69 Å². The highest BCUT2D eigenvalue weighted by Gasteiger charge is 2.25. The lowest BCUT2D eigenvalue weighted by Gasteiger charge is -2.39. The van der Waals surface area contributed by atoms with E-state index in [1.807, 2.05) is 6.92 Å². The van der Waals surface area contributed by atoms with E-state index >= 15 is 0 Å². The number of piperazine rings is 1. The minimum Gasteiger partial charge on any atom is -0.344 e. The minimum atomic E-state index is -0.198. The maximum Gasteiger partial charge on any atom is 0.274 e. The molecule has 0 N–H and O–H groups in total. The van der Waals surface area contributed by atoms with Crippen LogP contribution in [0.1, 0.15) is 30.6 Å². The molecule has 4 rings (SSSR count). The average molecular weight is 369 g/mol. The highest BCUT2D eigenvalue weighted by molar-refractivity contribution is 7.20. The fourth-order valence-electron chi connectivity index (χ4n) is 3.67. The summed E-state index contributed by atoms with van der Waals surface area (Å²) in [6, 6.07) is 12.7. The van der Waals surface area contributed by atoms with Gasteiger partial charge in [0, 0.05) is 44.0 Å². The fourth-order valence-corrected chi connectivity index (χ4v) is 4.68. The molecule has 0 unspecified atom stereocenters. The van der Waals surface area contributed by atoms with Crippen LogP contribution < -0.4 is 10.5 Å². The van der Waals surface area contributed by atoms with E-state index in [4.69, 9.17) is 0 Å². The van der Waals surface area contributed by atoms with Crippen LogP contribution in [-0.4, -0.2) is 45.7 Å². The van der Waals surface area contributed by atoms with Crippen LogP contribution in [0.25, 0.3) is 4.96 Å². The molecule has 0 amide bonds. The van der Waals surface area contributed by atoms with E-state index in [0.29, 0.717) is 11.0 Å². The summed E-state index contributed by atoms with van der Waals surface area (Å²) in [5, 5.41) is 5.61. The molecular formula is C19H23N5OS. The first kappa shape index (κ1) is 17.2. The van der Waals surface area contributed by atoms with Crippen LogP contribution in [0, 0.1) is 6.92 Å². The number of anilines is 1. The van der Waals surface area contributed by atoms with Gasteiger partial charge in [-0.1, -0.05) is 48.6 Å². The second-order valence-corrected chi connectivity index (χ2v) is 7.61. The zero-order valence-corrected chi connectivity index (χ0v) is 15.9. The van der Waals surface area contributed by atoms with Gasteiger partial charge in [-0.05, 0) is 18.9 Å². The second-order valence-electron chi connectivity index (χ2n) is 6.67. The molecule has 26 heavy (non-hydrogen) atoms. The van der Waals surface area contributed by atoms with Crippen molar-refractivity contribution in [3.63, 3.8) is 0 Å². The molecule has 1 aliphatic rings. The third-order valence-corrected chi connectivity index (χ3v) is 5.99. The second kappa shape index (κ2) is 7.17. The van der Waals surface area contributed by atoms with Crippen LogP contribution in [-0.2, 0) is 0 Å². The van der Waals surface area contributed by atoms with Crippen molar-refractivity contribution in [2.75, 3.05) is 31.1 Å². The molecule has 1 aliphatic heterocycles. The normalized spacial score (nSPS) is 16.9. The summed E-state index contributed by atoms with van der Waals surface area (Å²) in [6.07, 6.45) is 1.11. The number of hydrogen-bond donors (Lipinski definition) is 0. The molecule has 0 aliphatic carbocycles.